The number of rotatable bonds is 3. The highest BCUT2D eigenvalue weighted by Gasteiger charge is 2.35. The highest BCUT2D eigenvalue weighted by molar-refractivity contribution is 9.10. The third kappa shape index (κ3) is 3.44. The predicted molar refractivity (Wildman–Crippen MR) is 76.4 cm³/mol. The highest BCUT2D eigenvalue weighted by atomic mass is 79.9. The van der Waals surface area contributed by atoms with Crippen LogP contribution in [-0.4, -0.2) is 7.05 Å². The van der Waals surface area contributed by atoms with Gasteiger partial charge in [0.2, 0.25) is 0 Å². The normalized spacial score (nSPS) is 13.2. The van der Waals surface area contributed by atoms with Gasteiger partial charge in [-0.3, -0.25) is 0 Å². The summed E-state index contributed by atoms with van der Waals surface area (Å²) in [6.45, 7) is 0. The molecule has 0 bridgehead atoms. The van der Waals surface area contributed by atoms with Crippen molar-refractivity contribution in [2.24, 2.45) is 0 Å². The first kappa shape index (κ1) is 16.0. The monoisotopic (exact) mass is 361 g/mol. The molecule has 112 valence electrons. The fourth-order valence-corrected chi connectivity index (χ4v) is 2.80. The van der Waals surface area contributed by atoms with Crippen LogP contribution in [0.2, 0.25) is 0 Å². The molecular weight excluding hydrogens is 350 g/mol. The summed E-state index contributed by atoms with van der Waals surface area (Å²) in [6, 6.07) is 8.57. The van der Waals surface area contributed by atoms with E-state index in [2.05, 4.69) is 21.2 Å². The van der Waals surface area contributed by atoms with Gasteiger partial charge in [0.15, 0.2) is 0 Å². The smallest absolute Gasteiger partial charge is 0.309 e. The van der Waals surface area contributed by atoms with Gasteiger partial charge in [-0.15, -0.1) is 0 Å². The molecular formula is C15H12BrF4N. The van der Waals surface area contributed by atoms with Crippen LogP contribution < -0.4 is 5.32 Å². The SMILES string of the molecule is CNC(c1ccc(F)cc1Br)c1ccccc1C(F)(F)F. The minimum atomic E-state index is -4.45. The molecule has 0 heterocycles. The van der Waals surface area contributed by atoms with Gasteiger partial charge in [0.1, 0.15) is 5.82 Å². The summed E-state index contributed by atoms with van der Waals surface area (Å²) < 4.78 is 52.9. The van der Waals surface area contributed by atoms with Crippen molar-refractivity contribution in [3.05, 3.63) is 69.4 Å². The molecule has 1 unspecified atom stereocenters. The predicted octanol–water partition coefficient (Wildman–Crippen LogP) is 4.92. The lowest BCUT2D eigenvalue weighted by Gasteiger charge is -2.22. The molecule has 0 spiro atoms. The lowest BCUT2D eigenvalue weighted by atomic mass is 9.94. The van der Waals surface area contributed by atoms with E-state index in [1.807, 2.05) is 0 Å². The molecule has 0 aromatic heterocycles. The van der Waals surface area contributed by atoms with Crippen LogP contribution in [0.3, 0.4) is 0 Å². The van der Waals surface area contributed by atoms with Crippen LogP contribution in [0.5, 0.6) is 0 Å². The molecule has 2 aromatic rings. The number of halogens is 5. The van der Waals surface area contributed by atoms with Crippen molar-refractivity contribution in [3.8, 4) is 0 Å². The lowest BCUT2D eigenvalue weighted by molar-refractivity contribution is -0.138. The second kappa shape index (κ2) is 6.15. The number of alkyl halides is 3. The maximum Gasteiger partial charge on any atom is 0.416 e. The first-order valence-electron chi connectivity index (χ1n) is 6.13. The maximum atomic E-state index is 13.2. The maximum absolute atomic E-state index is 13.2. The van der Waals surface area contributed by atoms with Crippen molar-refractivity contribution in [1.82, 2.24) is 5.32 Å². The third-order valence-corrected chi connectivity index (χ3v) is 3.83. The van der Waals surface area contributed by atoms with E-state index in [1.165, 1.54) is 30.3 Å². The van der Waals surface area contributed by atoms with Gasteiger partial charge in [-0.25, -0.2) is 4.39 Å². The summed E-state index contributed by atoms with van der Waals surface area (Å²) >= 11 is 3.20. The Balaban J connectivity index is 2.57. The number of benzene rings is 2. The summed E-state index contributed by atoms with van der Waals surface area (Å²) in [5, 5.41) is 2.85. The van der Waals surface area contributed by atoms with E-state index in [-0.39, 0.29) is 5.56 Å². The van der Waals surface area contributed by atoms with Gasteiger partial charge >= 0.3 is 6.18 Å². The largest absolute Gasteiger partial charge is 0.416 e. The van der Waals surface area contributed by atoms with Gasteiger partial charge < -0.3 is 5.32 Å². The van der Waals surface area contributed by atoms with Crippen molar-refractivity contribution >= 4 is 15.9 Å². The summed E-state index contributed by atoms with van der Waals surface area (Å²) in [4.78, 5) is 0. The van der Waals surface area contributed by atoms with Crippen LogP contribution in [0.25, 0.3) is 0 Å². The molecule has 1 nitrogen and oxygen atoms in total. The molecule has 6 heteroatoms. The number of hydrogen-bond acceptors (Lipinski definition) is 1. The zero-order valence-corrected chi connectivity index (χ0v) is 12.6. The molecule has 0 aliphatic heterocycles. The lowest BCUT2D eigenvalue weighted by Crippen LogP contribution is -2.22. The van der Waals surface area contributed by atoms with Crippen LogP contribution in [0.4, 0.5) is 17.6 Å². The molecule has 0 aliphatic carbocycles. The Bertz CT molecular complexity index is 640. The molecule has 21 heavy (non-hydrogen) atoms. The molecule has 1 atom stereocenters. The van der Waals surface area contributed by atoms with Gasteiger partial charge in [-0.05, 0) is 36.4 Å². The van der Waals surface area contributed by atoms with E-state index < -0.39 is 23.6 Å². The van der Waals surface area contributed by atoms with Crippen molar-refractivity contribution in [3.63, 3.8) is 0 Å². The molecule has 0 fully saturated rings. The van der Waals surface area contributed by atoms with E-state index >= 15 is 0 Å². The van der Waals surface area contributed by atoms with Gasteiger partial charge in [0.05, 0.1) is 11.6 Å². The van der Waals surface area contributed by atoms with E-state index in [4.69, 9.17) is 0 Å². The van der Waals surface area contributed by atoms with Crippen molar-refractivity contribution in [1.29, 1.82) is 0 Å². The molecule has 0 aliphatic rings. The molecule has 2 aromatic carbocycles. The van der Waals surface area contributed by atoms with Crippen molar-refractivity contribution < 1.29 is 17.6 Å². The molecule has 1 N–H and O–H groups in total. The topological polar surface area (TPSA) is 12.0 Å². The van der Waals surface area contributed by atoms with Crippen LogP contribution in [-0.2, 0) is 6.18 Å². The summed E-state index contributed by atoms with van der Waals surface area (Å²) in [5.74, 6) is -0.454. The molecule has 0 saturated heterocycles. The Hall–Kier alpha value is -1.40. The van der Waals surface area contributed by atoms with Gasteiger partial charge in [-0.1, -0.05) is 40.2 Å². The average molecular weight is 362 g/mol. The molecule has 2 rings (SSSR count). The zero-order valence-electron chi connectivity index (χ0n) is 11.0. The Morgan fingerprint density at radius 1 is 1.05 bits per heavy atom. The van der Waals surface area contributed by atoms with Crippen molar-refractivity contribution in [2.45, 2.75) is 12.2 Å². The summed E-state index contributed by atoms with van der Waals surface area (Å²) in [5.41, 5.74) is -0.0732. The third-order valence-electron chi connectivity index (χ3n) is 3.14. The van der Waals surface area contributed by atoms with Crippen LogP contribution >= 0.6 is 15.9 Å². The Morgan fingerprint density at radius 3 is 2.29 bits per heavy atom. The first-order chi connectivity index (χ1) is 9.84. The quantitative estimate of drug-likeness (QED) is 0.765. The minimum Gasteiger partial charge on any atom is -0.309 e. The fourth-order valence-electron chi connectivity index (χ4n) is 2.22. The fraction of sp³-hybridized carbons (Fsp3) is 0.200. The first-order valence-corrected chi connectivity index (χ1v) is 6.92. The second-order valence-electron chi connectivity index (χ2n) is 4.47. The molecule has 0 saturated carbocycles. The standard InChI is InChI=1S/C15H12BrF4N/c1-21-14(11-7-6-9(17)8-13(11)16)10-4-2-3-5-12(10)15(18,19)20/h2-8,14,21H,1H3. The van der Waals surface area contributed by atoms with E-state index in [0.29, 0.717) is 10.0 Å². The van der Waals surface area contributed by atoms with E-state index in [9.17, 15) is 17.6 Å². The van der Waals surface area contributed by atoms with Gasteiger partial charge in [0, 0.05) is 4.47 Å². The number of hydrogen-bond donors (Lipinski definition) is 1. The van der Waals surface area contributed by atoms with Crippen LogP contribution in [0, 0.1) is 5.82 Å². The minimum absolute atomic E-state index is 0.0970. The highest BCUT2D eigenvalue weighted by Crippen LogP contribution is 2.38. The molecule has 0 amide bonds. The second-order valence-corrected chi connectivity index (χ2v) is 5.33. The number of nitrogens with one attached hydrogen (secondary N) is 1. The Morgan fingerprint density at radius 2 is 1.71 bits per heavy atom. The van der Waals surface area contributed by atoms with E-state index in [1.54, 1.807) is 13.1 Å². The Labute approximate surface area is 128 Å². The molecule has 0 radical (unpaired) electrons. The Kier molecular flexibility index (Phi) is 4.68. The van der Waals surface area contributed by atoms with Gasteiger partial charge in [0.25, 0.3) is 0 Å². The summed E-state index contributed by atoms with van der Waals surface area (Å²) in [6.07, 6.45) is -4.45. The zero-order chi connectivity index (χ0) is 15.6. The summed E-state index contributed by atoms with van der Waals surface area (Å²) in [7, 11) is 1.56. The van der Waals surface area contributed by atoms with Crippen molar-refractivity contribution in [2.75, 3.05) is 7.05 Å². The van der Waals surface area contributed by atoms with E-state index in [0.717, 1.165) is 6.07 Å². The van der Waals surface area contributed by atoms with Crippen LogP contribution in [0.1, 0.15) is 22.7 Å². The van der Waals surface area contributed by atoms with Gasteiger partial charge in [-0.2, -0.15) is 13.2 Å². The van der Waals surface area contributed by atoms with Crippen LogP contribution in [0.15, 0.2) is 46.9 Å². The average Bonchev–Trinajstić information content (AvgIpc) is 2.41.